The van der Waals surface area contributed by atoms with E-state index in [-0.39, 0.29) is 11.7 Å². The second kappa shape index (κ2) is 9.01. The van der Waals surface area contributed by atoms with Gasteiger partial charge in [0.2, 0.25) is 5.91 Å². The number of thioether (sulfide) groups is 2. The van der Waals surface area contributed by atoms with Crippen LogP contribution in [0, 0.1) is 11.3 Å². The van der Waals surface area contributed by atoms with E-state index in [9.17, 15) is 10.1 Å². The fourth-order valence-electron chi connectivity index (χ4n) is 2.76. The molecule has 1 fully saturated rings. The predicted molar refractivity (Wildman–Crippen MR) is 103 cm³/mol. The van der Waals surface area contributed by atoms with Crippen LogP contribution in [0.4, 0.5) is 0 Å². The van der Waals surface area contributed by atoms with Gasteiger partial charge < -0.3 is 4.90 Å². The first-order valence-electron chi connectivity index (χ1n) is 8.40. The van der Waals surface area contributed by atoms with Crippen LogP contribution in [0.25, 0.3) is 11.4 Å². The van der Waals surface area contributed by atoms with E-state index in [1.165, 1.54) is 29.9 Å². The molecule has 0 aromatic carbocycles. The van der Waals surface area contributed by atoms with Crippen molar-refractivity contribution in [2.45, 2.75) is 29.3 Å². The van der Waals surface area contributed by atoms with Gasteiger partial charge in [-0.25, -0.2) is 9.97 Å². The van der Waals surface area contributed by atoms with Gasteiger partial charge in [-0.05, 0) is 37.7 Å². The molecule has 0 spiro atoms. The summed E-state index contributed by atoms with van der Waals surface area (Å²) in [5.74, 6) is 0.937. The summed E-state index contributed by atoms with van der Waals surface area (Å²) in [5, 5.41) is 10.7. The van der Waals surface area contributed by atoms with E-state index in [2.05, 4.69) is 21.0 Å². The van der Waals surface area contributed by atoms with Crippen molar-refractivity contribution < 1.29 is 4.79 Å². The molecule has 0 atom stereocenters. The Labute approximate surface area is 161 Å². The summed E-state index contributed by atoms with van der Waals surface area (Å²) < 4.78 is 0. The van der Waals surface area contributed by atoms with Crippen LogP contribution in [0.2, 0.25) is 0 Å². The number of nitriles is 1. The monoisotopic (exact) mass is 385 g/mol. The Morgan fingerprint density at radius 1 is 1.19 bits per heavy atom. The maximum atomic E-state index is 12.4. The van der Waals surface area contributed by atoms with Gasteiger partial charge in [-0.15, -0.1) is 11.8 Å². The van der Waals surface area contributed by atoms with Gasteiger partial charge in [0.05, 0.1) is 5.75 Å². The van der Waals surface area contributed by atoms with Crippen LogP contribution in [0.3, 0.4) is 0 Å². The van der Waals surface area contributed by atoms with E-state index in [0.717, 1.165) is 31.5 Å². The van der Waals surface area contributed by atoms with Gasteiger partial charge in [0.25, 0.3) is 0 Å². The van der Waals surface area contributed by atoms with Gasteiger partial charge >= 0.3 is 0 Å². The van der Waals surface area contributed by atoms with E-state index in [1.54, 1.807) is 12.4 Å². The second-order valence-corrected chi connectivity index (χ2v) is 7.57. The number of aromatic nitrogens is 3. The summed E-state index contributed by atoms with van der Waals surface area (Å²) in [6.45, 7) is 1.65. The zero-order chi connectivity index (χ0) is 18.4. The molecule has 8 heteroatoms. The Kier molecular flexibility index (Phi) is 6.47. The van der Waals surface area contributed by atoms with Crippen molar-refractivity contribution in [1.82, 2.24) is 19.9 Å². The summed E-state index contributed by atoms with van der Waals surface area (Å²) in [6, 6.07) is 5.86. The molecule has 6 nitrogen and oxygen atoms in total. The maximum absolute atomic E-state index is 12.4. The van der Waals surface area contributed by atoms with Gasteiger partial charge in [0.15, 0.2) is 5.82 Å². The molecule has 1 aliphatic rings. The van der Waals surface area contributed by atoms with Gasteiger partial charge in [-0.2, -0.15) is 5.26 Å². The summed E-state index contributed by atoms with van der Waals surface area (Å²) in [7, 11) is 0. The molecule has 0 saturated carbocycles. The van der Waals surface area contributed by atoms with Crippen molar-refractivity contribution in [3.63, 3.8) is 0 Å². The molecule has 3 heterocycles. The van der Waals surface area contributed by atoms with Crippen LogP contribution < -0.4 is 0 Å². The van der Waals surface area contributed by atoms with E-state index in [4.69, 9.17) is 0 Å². The molecule has 0 aliphatic carbocycles. The third-order valence-corrected chi connectivity index (χ3v) is 5.77. The third kappa shape index (κ3) is 4.34. The van der Waals surface area contributed by atoms with Crippen LogP contribution in [-0.2, 0) is 4.79 Å². The minimum atomic E-state index is 0.105. The smallest absolute Gasteiger partial charge is 0.232 e. The minimum Gasteiger partial charge on any atom is -0.342 e. The Hall–Kier alpha value is -2.11. The first kappa shape index (κ1) is 18.7. The fraction of sp³-hybridized carbons (Fsp3) is 0.389. The average Bonchev–Trinajstić information content (AvgIpc) is 2.72. The highest BCUT2D eigenvalue weighted by Gasteiger charge is 2.20. The van der Waals surface area contributed by atoms with Crippen molar-refractivity contribution >= 4 is 29.4 Å². The lowest BCUT2D eigenvalue weighted by atomic mass is 10.1. The molecule has 134 valence electrons. The first-order chi connectivity index (χ1) is 12.7. The van der Waals surface area contributed by atoms with E-state index < -0.39 is 0 Å². The van der Waals surface area contributed by atoms with Crippen molar-refractivity contribution in [1.29, 1.82) is 5.26 Å². The summed E-state index contributed by atoms with van der Waals surface area (Å²) in [6.07, 6.45) is 8.57. The number of likely N-dealkylation sites (tertiary alicyclic amines) is 1. The van der Waals surface area contributed by atoms with Crippen molar-refractivity contribution in [2.24, 2.45) is 0 Å². The maximum Gasteiger partial charge on any atom is 0.232 e. The van der Waals surface area contributed by atoms with Crippen LogP contribution in [0.5, 0.6) is 0 Å². The lowest BCUT2D eigenvalue weighted by Crippen LogP contribution is -2.36. The lowest BCUT2D eigenvalue weighted by molar-refractivity contribution is -0.129. The Morgan fingerprint density at radius 2 is 1.88 bits per heavy atom. The summed E-state index contributed by atoms with van der Waals surface area (Å²) in [4.78, 5) is 27.4. The minimum absolute atomic E-state index is 0.105. The fourth-order valence-corrected chi connectivity index (χ4v) is 4.23. The molecule has 0 unspecified atom stereocenters. The number of piperidine rings is 1. The first-order valence-corrected chi connectivity index (χ1v) is 10.6. The second-order valence-electron chi connectivity index (χ2n) is 5.81. The van der Waals surface area contributed by atoms with Crippen LogP contribution in [0.1, 0.15) is 24.8 Å². The van der Waals surface area contributed by atoms with Gasteiger partial charge in [0.1, 0.15) is 21.7 Å². The quantitative estimate of drug-likeness (QED) is 0.577. The zero-order valence-electron chi connectivity index (χ0n) is 14.5. The molecule has 0 radical (unpaired) electrons. The number of hydrogen-bond donors (Lipinski definition) is 0. The number of hydrogen-bond acceptors (Lipinski definition) is 7. The Bertz CT molecular complexity index is 816. The molecule has 0 bridgehead atoms. The number of carbonyl (C=O) groups is 1. The molecule has 26 heavy (non-hydrogen) atoms. The number of pyridine rings is 1. The number of rotatable bonds is 5. The predicted octanol–water partition coefficient (Wildman–Crippen LogP) is 3.24. The van der Waals surface area contributed by atoms with Gasteiger partial charge in [0, 0.05) is 31.0 Å². The van der Waals surface area contributed by atoms with Gasteiger partial charge in [-0.3, -0.25) is 9.78 Å². The molecule has 1 amide bonds. The molecule has 2 aromatic rings. The van der Waals surface area contributed by atoms with E-state index in [0.29, 0.717) is 21.4 Å². The molecular weight excluding hydrogens is 366 g/mol. The van der Waals surface area contributed by atoms with Crippen molar-refractivity contribution in [3.05, 3.63) is 30.1 Å². The van der Waals surface area contributed by atoms with Crippen LogP contribution >= 0.6 is 23.5 Å². The molecule has 3 rings (SSSR count). The molecule has 0 N–H and O–H groups in total. The van der Waals surface area contributed by atoms with Crippen LogP contribution in [0.15, 0.2) is 34.6 Å². The normalized spacial score (nSPS) is 14.1. The van der Waals surface area contributed by atoms with Gasteiger partial charge in [-0.1, -0.05) is 11.8 Å². The summed E-state index contributed by atoms with van der Waals surface area (Å²) >= 11 is 2.73. The molecule has 2 aromatic heterocycles. The number of carbonyl (C=O) groups excluding carboxylic acids is 1. The van der Waals surface area contributed by atoms with E-state index in [1.807, 2.05) is 23.3 Å². The van der Waals surface area contributed by atoms with Crippen molar-refractivity contribution in [2.75, 3.05) is 25.1 Å². The zero-order valence-corrected chi connectivity index (χ0v) is 16.1. The highest BCUT2D eigenvalue weighted by Crippen LogP contribution is 2.30. The largest absolute Gasteiger partial charge is 0.342 e. The summed E-state index contributed by atoms with van der Waals surface area (Å²) in [5.41, 5.74) is 1.27. The topological polar surface area (TPSA) is 82.8 Å². The van der Waals surface area contributed by atoms with Crippen LogP contribution in [-0.4, -0.2) is 50.9 Å². The molecular formula is C18H19N5OS2. The average molecular weight is 386 g/mol. The highest BCUT2D eigenvalue weighted by molar-refractivity contribution is 8.00. The SMILES string of the molecule is CSc1nc(-c2ccncc2)nc(SCC(=O)N2CCCCC2)c1C#N. The number of amides is 1. The standard InChI is InChI=1S/C18H19N5OS2/c1-25-17-14(11-19)18(22-16(21-17)13-5-7-20-8-6-13)26-12-15(24)23-9-3-2-4-10-23/h5-8H,2-4,9-10,12H2,1H3. The number of nitrogens with zero attached hydrogens (tertiary/aromatic N) is 5. The highest BCUT2D eigenvalue weighted by atomic mass is 32.2. The lowest BCUT2D eigenvalue weighted by Gasteiger charge is -2.26. The third-order valence-electron chi connectivity index (χ3n) is 4.13. The molecule has 1 saturated heterocycles. The van der Waals surface area contributed by atoms with Crippen molar-refractivity contribution in [3.8, 4) is 17.5 Å². The van der Waals surface area contributed by atoms with E-state index >= 15 is 0 Å². The molecule has 1 aliphatic heterocycles. The Morgan fingerprint density at radius 3 is 2.54 bits per heavy atom. The Balaban J connectivity index is 1.84.